The van der Waals surface area contributed by atoms with Crippen molar-refractivity contribution in [3.05, 3.63) is 59.1 Å². The lowest BCUT2D eigenvalue weighted by Crippen LogP contribution is -3.15. The first-order chi connectivity index (χ1) is 14.1. The fraction of sp³-hybridized carbons (Fsp3) is 0.364. The van der Waals surface area contributed by atoms with Crippen LogP contribution >= 0.6 is 11.6 Å². The van der Waals surface area contributed by atoms with Crippen LogP contribution in [0.4, 0.5) is 5.69 Å². The van der Waals surface area contributed by atoms with Crippen molar-refractivity contribution in [2.24, 2.45) is 0 Å². The number of carbonyl (C=O) groups is 2. The van der Waals surface area contributed by atoms with Crippen molar-refractivity contribution in [2.45, 2.75) is 13.3 Å². The first-order valence-electron chi connectivity index (χ1n) is 9.93. The molecule has 2 aromatic carbocycles. The van der Waals surface area contributed by atoms with Gasteiger partial charge < -0.3 is 19.9 Å². The highest BCUT2D eigenvalue weighted by Crippen LogP contribution is 2.23. The van der Waals surface area contributed by atoms with E-state index in [1.54, 1.807) is 17.0 Å². The van der Waals surface area contributed by atoms with Crippen LogP contribution in [-0.4, -0.2) is 56.0 Å². The molecular weight excluding hydrogens is 390 g/mol. The molecule has 0 spiro atoms. The van der Waals surface area contributed by atoms with E-state index in [2.05, 4.69) is 12.2 Å². The van der Waals surface area contributed by atoms with Crippen LogP contribution in [0.1, 0.15) is 12.5 Å². The van der Waals surface area contributed by atoms with Crippen LogP contribution in [0.15, 0.2) is 48.5 Å². The first-order valence-corrected chi connectivity index (χ1v) is 10.3. The average Bonchev–Trinajstić information content (AvgIpc) is 2.74. The minimum atomic E-state index is -0.0645. The van der Waals surface area contributed by atoms with E-state index >= 15 is 0 Å². The van der Waals surface area contributed by atoms with E-state index in [1.807, 2.05) is 36.4 Å². The SMILES string of the molecule is CCc1ccccc1NC(=O)C[NH+]1CCN(C(=O)COc2ccccc2Cl)CC1. The Morgan fingerprint density at radius 2 is 1.79 bits per heavy atom. The van der Waals surface area contributed by atoms with Crippen molar-refractivity contribution in [1.29, 1.82) is 0 Å². The van der Waals surface area contributed by atoms with Crippen molar-refractivity contribution in [3.8, 4) is 5.75 Å². The van der Waals surface area contributed by atoms with Crippen molar-refractivity contribution >= 4 is 29.1 Å². The number of nitrogens with one attached hydrogen (secondary N) is 2. The average molecular weight is 417 g/mol. The van der Waals surface area contributed by atoms with E-state index in [9.17, 15) is 9.59 Å². The summed E-state index contributed by atoms with van der Waals surface area (Å²) in [6.45, 7) is 5.13. The van der Waals surface area contributed by atoms with Crippen LogP contribution in [0, 0.1) is 0 Å². The molecule has 3 rings (SSSR count). The molecule has 2 amide bonds. The third kappa shape index (κ3) is 5.95. The van der Waals surface area contributed by atoms with E-state index in [-0.39, 0.29) is 18.4 Å². The predicted molar refractivity (Wildman–Crippen MR) is 114 cm³/mol. The van der Waals surface area contributed by atoms with Gasteiger partial charge in [0.15, 0.2) is 13.2 Å². The van der Waals surface area contributed by atoms with Gasteiger partial charge in [-0.1, -0.05) is 48.9 Å². The zero-order valence-corrected chi connectivity index (χ0v) is 17.4. The molecule has 0 aromatic heterocycles. The molecule has 2 aromatic rings. The molecular formula is C22H27ClN3O3+. The van der Waals surface area contributed by atoms with Gasteiger partial charge in [-0.05, 0) is 30.2 Å². The van der Waals surface area contributed by atoms with Gasteiger partial charge in [0.25, 0.3) is 11.8 Å². The Kier molecular flexibility index (Phi) is 7.49. The summed E-state index contributed by atoms with van der Waals surface area (Å²) in [6.07, 6.45) is 0.875. The second-order valence-corrected chi connectivity index (χ2v) is 7.49. The van der Waals surface area contributed by atoms with Crippen LogP contribution in [0.25, 0.3) is 0 Å². The van der Waals surface area contributed by atoms with Gasteiger partial charge in [-0.15, -0.1) is 0 Å². The Balaban J connectivity index is 1.42. The number of hydrogen-bond donors (Lipinski definition) is 2. The number of ether oxygens (including phenoxy) is 1. The van der Waals surface area contributed by atoms with Gasteiger partial charge in [0.05, 0.1) is 31.2 Å². The van der Waals surface area contributed by atoms with Gasteiger partial charge in [0, 0.05) is 5.69 Å². The molecule has 0 atom stereocenters. The summed E-state index contributed by atoms with van der Waals surface area (Å²) < 4.78 is 5.54. The highest BCUT2D eigenvalue weighted by Gasteiger charge is 2.25. The third-order valence-corrected chi connectivity index (χ3v) is 5.41. The molecule has 1 saturated heterocycles. The first kappa shape index (κ1) is 21.1. The number of nitrogens with zero attached hydrogens (tertiary/aromatic N) is 1. The summed E-state index contributed by atoms with van der Waals surface area (Å²) >= 11 is 6.05. The van der Waals surface area contributed by atoms with Crippen molar-refractivity contribution in [3.63, 3.8) is 0 Å². The molecule has 0 aliphatic carbocycles. The zero-order valence-electron chi connectivity index (χ0n) is 16.6. The monoisotopic (exact) mass is 416 g/mol. The maximum absolute atomic E-state index is 12.4. The van der Waals surface area contributed by atoms with Crippen LogP contribution < -0.4 is 15.0 Å². The Morgan fingerprint density at radius 1 is 1.10 bits per heavy atom. The van der Waals surface area contributed by atoms with Crippen LogP contribution in [0.5, 0.6) is 5.75 Å². The molecule has 0 unspecified atom stereocenters. The quantitative estimate of drug-likeness (QED) is 0.721. The highest BCUT2D eigenvalue weighted by molar-refractivity contribution is 6.32. The molecule has 1 fully saturated rings. The Bertz CT molecular complexity index is 851. The Labute approximate surface area is 176 Å². The van der Waals surface area contributed by atoms with E-state index in [1.165, 1.54) is 4.90 Å². The number of anilines is 1. The molecule has 0 bridgehead atoms. The maximum Gasteiger partial charge on any atom is 0.279 e. The summed E-state index contributed by atoms with van der Waals surface area (Å²) in [5, 5.41) is 3.50. The second-order valence-electron chi connectivity index (χ2n) is 7.09. The summed E-state index contributed by atoms with van der Waals surface area (Å²) in [7, 11) is 0. The fourth-order valence-corrected chi connectivity index (χ4v) is 3.60. The molecule has 0 saturated carbocycles. The lowest BCUT2D eigenvalue weighted by molar-refractivity contribution is -0.895. The zero-order chi connectivity index (χ0) is 20.6. The normalized spacial score (nSPS) is 14.5. The molecule has 1 aliphatic rings. The molecule has 29 heavy (non-hydrogen) atoms. The summed E-state index contributed by atoms with van der Waals surface area (Å²) in [4.78, 5) is 27.8. The standard InChI is InChI=1S/C22H26ClN3O3/c1-2-17-7-3-5-9-19(17)24-21(27)15-25-11-13-26(14-12-25)22(28)16-29-20-10-6-4-8-18(20)23/h3-10H,2,11-16H2,1H3,(H,24,27)/p+1. The number of para-hydroxylation sites is 2. The third-order valence-electron chi connectivity index (χ3n) is 5.09. The van der Waals surface area contributed by atoms with Crippen LogP contribution in [-0.2, 0) is 16.0 Å². The van der Waals surface area contributed by atoms with Gasteiger partial charge >= 0.3 is 0 Å². The van der Waals surface area contributed by atoms with Crippen molar-refractivity contribution < 1.29 is 19.2 Å². The molecule has 6 nitrogen and oxygen atoms in total. The number of aryl methyl sites for hydroxylation is 1. The van der Waals surface area contributed by atoms with Gasteiger partial charge in [-0.3, -0.25) is 9.59 Å². The number of benzene rings is 2. The number of piperazine rings is 1. The summed E-state index contributed by atoms with van der Waals surface area (Å²) in [5.41, 5.74) is 2.01. The molecule has 154 valence electrons. The number of carbonyl (C=O) groups excluding carboxylic acids is 2. The Hall–Kier alpha value is -2.57. The molecule has 7 heteroatoms. The van der Waals surface area contributed by atoms with Crippen molar-refractivity contribution in [1.82, 2.24) is 4.90 Å². The molecule has 2 N–H and O–H groups in total. The molecule has 0 radical (unpaired) electrons. The lowest BCUT2D eigenvalue weighted by Gasteiger charge is -2.31. The van der Waals surface area contributed by atoms with E-state index in [0.717, 1.165) is 30.8 Å². The van der Waals surface area contributed by atoms with E-state index < -0.39 is 0 Å². The minimum absolute atomic E-state index is 0.00253. The lowest BCUT2D eigenvalue weighted by atomic mass is 10.1. The second kappa shape index (κ2) is 10.3. The highest BCUT2D eigenvalue weighted by atomic mass is 35.5. The molecule has 1 aliphatic heterocycles. The van der Waals surface area contributed by atoms with E-state index in [0.29, 0.717) is 30.4 Å². The van der Waals surface area contributed by atoms with Crippen LogP contribution in [0.2, 0.25) is 5.02 Å². The minimum Gasteiger partial charge on any atom is -0.482 e. The van der Waals surface area contributed by atoms with Gasteiger partial charge in [0.1, 0.15) is 5.75 Å². The van der Waals surface area contributed by atoms with Crippen molar-refractivity contribution in [2.75, 3.05) is 44.6 Å². The smallest absolute Gasteiger partial charge is 0.279 e. The number of quaternary nitrogens is 1. The summed E-state index contributed by atoms with van der Waals surface area (Å²) in [6, 6.07) is 15.0. The Morgan fingerprint density at radius 3 is 2.52 bits per heavy atom. The summed E-state index contributed by atoms with van der Waals surface area (Å²) in [5.74, 6) is 0.448. The largest absolute Gasteiger partial charge is 0.482 e. The molecule has 1 heterocycles. The number of rotatable bonds is 7. The van der Waals surface area contributed by atoms with Gasteiger partial charge in [0.2, 0.25) is 0 Å². The van der Waals surface area contributed by atoms with Crippen LogP contribution in [0.3, 0.4) is 0 Å². The number of halogens is 1. The fourth-order valence-electron chi connectivity index (χ4n) is 3.41. The van der Waals surface area contributed by atoms with Gasteiger partial charge in [-0.25, -0.2) is 0 Å². The van der Waals surface area contributed by atoms with E-state index in [4.69, 9.17) is 16.3 Å². The predicted octanol–water partition coefficient (Wildman–Crippen LogP) is 1.65. The topological polar surface area (TPSA) is 63.1 Å². The number of amides is 2. The number of hydrogen-bond acceptors (Lipinski definition) is 3. The van der Waals surface area contributed by atoms with Gasteiger partial charge in [-0.2, -0.15) is 0 Å². The maximum atomic E-state index is 12.4.